The molecule has 0 saturated heterocycles. The SMILES string of the molecule is CCOC(=O)NC1C=CNC(=O)N1. The third-order valence-corrected chi connectivity index (χ3v) is 1.34. The second-order valence-electron chi connectivity index (χ2n) is 2.32. The minimum absolute atomic E-state index is 0.300. The van der Waals surface area contributed by atoms with Gasteiger partial charge in [-0.3, -0.25) is 5.32 Å². The molecule has 1 aliphatic rings. The van der Waals surface area contributed by atoms with Crippen LogP contribution < -0.4 is 16.0 Å². The summed E-state index contributed by atoms with van der Waals surface area (Å²) in [4.78, 5) is 21.6. The number of hydrogen-bond acceptors (Lipinski definition) is 3. The number of ether oxygens (including phenoxy) is 1. The molecule has 1 unspecified atom stereocenters. The Kier molecular flexibility index (Phi) is 3.13. The monoisotopic (exact) mass is 185 g/mol. The van der Waals surface area contributed by atoms with E-state index in [-0.39, 0.29) is 6.03 Å². The number of carbonyl (C=O) groups is 2. The quantitative estimate of drug-likeness (QED) is 0.561. The van der Waals surface area contributed by atoms with Crippen molar-refractivity contribution in [1.82, 2.24) is 16.0 Å². The lowest BCUT2D eigenvalue weighted by Gasteiger charge is -2.19. The van der Waals surface area contributed by atoms with Crippen molar-refractivity contribution in [3.8, 4) is 0 Å². The van der Waals surface area contributed by atoms with E-state index >= 15 is 0 Å². The molecule has 3 N–H and O–H groups in total. The van der Waals surface area contributed by atoms with Crippen LogP contribution in [0.15, 0.2) is 12.3 Å². The van der Waals surface area contributed by atoms with Crippen molar-refractivity contribution in [2.45, 2.75) is 13.1 Å². The largest absolute Gasteiger partial charge is 0.450 e. The Morgan fingerprint density at radius 2 is 2.54 bits per heavy atom. The molecule has 0 radical (unpaired) electrons. The highest BCUT2D eigenvalue weighted by molar-refractivity contribution is 5.77. The molecular weight excluding hydrogens is 174 g/mol. The Balaban J connectivity index is 2.36. The van der Waals surface area contributed by atoms with E-state index in [1.807, 2.05) is 0 Å². The molecule has 0 spiro atoms. The number of rotatable bonds is 2. The van der Waals surface area contributed by atoms with Crippen molar-refractivity contribution in [2.24, 2.45) is 0 Å². The number of carbonyl (C=O) groups excluding carboxylic acids is 2. The maximum absolute atomic E-state index is 10.9. The lowest BCUT2D eigenvalue weighted by atomic mass is 10.4. The predicted molar refractivity (Wildman–Crippen MR) is 44.8 cm³/mol. The van der Waals surface area contributed by atoms with E-state index in [1.165, 1.54) is 6.20 Å². The Hall–Kier alpha value is -1.72. The van der Waals surface area contributed by atoms with Gasteiger partial charge in [0, 0.05) is 6.20 Å². The first-order valence-electron chi connectivity index (χ1n) is 3.89. The highest BCUT2D eigenvalue weighted by atomic mass is 16.5. The molecule has 1 atom stereocenters. The van der Waals surface area contributed by atoms with E-state index in [0.29, 0.717) is 6.61 Å². The van der Waals surface area contributed by atoms with Crippen molar-refractivity contribution in [2.75, 3.05) is 6.61 Å². The third-order valence-electron chi connectivity index (χ3n) is 1.34. The minimum atomic E-state index is -0.556. The lowest BCUT2D eigenvalue weighted by molar-refractivity contribution is 0.148. The van der Waals surface area contributed by atoms with Gasteiger partial charge in [0.25, 0.3) is 0 Å². The van der Waals surface area contributed by atoms with Gasteiger partial charge >= 0.3 is 12.1 Å². The molecule has 72 valence electrons. The summed E-state index contributed by atoms with van der Waals surface area (Å²) < 4.78 is 4.62. The highest BCUT2D eigenvalue weighted by Gasteiger charge is 2.14. The first-order valence-corrected chi connectivity index (χ1v) is 3.89. The molecule has 0 aromatic carbocycles. The zero-order valence-corrected chi connectivity index (χ0v) is 7.16. The zero-order valence-electron chi connectivity index (χ0n) is 7.16. The van der Waals surface area contributed by atoms with Gasteiger partial charge in [0.05, 0.1) is 6.61 Å². The molecule has 1 heterocycles. The molecule has 1 rings (SSSR count). The lowest BCUT2D eigenvalue weighted by Crippen LogP contribution is -2.52. The molecule has 0 fully saturated rings. The van der Waals surface area contributed by atoms with Crippen LogP contribution in [0.25, 0.3) is 0 Å². The Morgan fingerprint density at radius 3 is 3.15 bits per heavy atom. The summed E-state index contributed by atoms with van der Waals surface area (Å²) in [5.74, 6) is 0. The molecular formula is C7H11N3O3. The maximum atomic E-state index is 10.9. The van der Waals surface area contributed by atoms with Crippen molar-refractivity contribution < 1.29 is 14.3 Å². The summed E-state index contributed by atoms with van der Waals surface area (Å²) >= 11 is 0. The molecule has 0 bridgehead atoms. The zero-order chi connectivity index (χ0) is 9.68. The summed E-state index contributed by atoms with van der Waals surface area (Å²) in [6, 6.07) is -0.357. The second-order valence-corrected chi connectivity index (χ2v) is 2.32. The van der Waals surface area contributed by atoms with Gasteiger partial charge in [-0.1, -0.05) is 0 Å². The van der Waals surface area contributed by atoms with Crippen LogP contribution in [0.5, 0.6) is 0 Å². The van der Waals surface area contributed by atoms with E-state index in [0.717, 1.165) is 0 Å². The van der Waals surface area contributed by atoms with Gasteiger partial charge in [-0.2, -0.15) is 0 Å². The van der Waals surface area contributed by atoms with Crippen LogP contribution in [0, 0.1) is 0 Å². The topological polar surface area (TPSA) is 79.5 Å². The summed E-state index contributed by atoms with van der Waals surface area (Å²) in [6.07, 6.45) is 1.99. The van der Waals surface area contributed by atoms with Crippen molar-refractivity contribution in [3.63, 3.8) is 0 Å². The molecule has 6 heteroatoms. The van der Waals surface area contributed by atoms with Crippen LogP contribution >= 0.6 is 0 Å². The molecule has 13 heavy (non-hydrogen) atoms. The minimum Gasteiger partial charge on any atom is -0.450 e. The maximum Gasteiger partial charge on any atom is 0.408 e. The summed E-state index contributed by atoms with van der Waals surface area (Å²) in [5, 5.41) is 7.28. The summed E-state index contributed by atoms with van der Waals surface area (Å²) in [5.41, 5.74) is 0. The van der Waals surface area contributed by atoms with Crippen LogP contribution in [0.4, 0.5) is 9.59 Å². The number of nitrogens with one attached hydrogen (secondary N) is 3. The predicted octanol–water partition coefficient (Wildman–Crippen LogP) is -0.115. The molecule has 0 aliphatic carbocycles. The average Bonchev–Trinajstić information content (AvgIpc) is 2.04. The van der Waals surface area contributed by atoms with Gasteiger partial charge in [0.15, 0.2) is 0 Å². The summed E-state index contributed by atoms with van der Waals surface area (Å²) in [6.45, 7) is 2.00. The van der Waals surface area contributed by atoms with E-state index in [4.69, 9.17) is 0 Å². The van der Waals surface area contributed by atoms with Crippen molar-refractivity contribution >= 4 is 12.1 Å². The fourth-order valence-corrected chi connectivity index (χ4v) is 0.835. The number of urea groups is 1. The Morgan fingerprint density at radius 1 is 1.77 bits per heavy atom. The third kappa shape index (κ3) is 3.02. The molecule has 3 amide bonds. The molecule has 0 aromatic heterocycles. The van der Waals surface area contributed by atoms with E-state index < -0.39 is 12.3 Å². The summed E-state index contributed by atoms with van der Waals surface area (Å²) in [7, 11) is 0. The average molecular weight is 185 g/mol. The standard InChI is InChI=1S/C7H11N3O3/c1-2-13-7(12)10-5-3-4-8-6(11)9-5/h3-5H,2H2,1H3,(H,10,12)(H2,8,9,11). The van der Waals surface area contributed by atoms with E-state index in [2.05, 4.69) is 20.7 Å². The molecule has 1 aliphatic heterocycles. The van der Waals surface area contributed by atoms with Crippen LogP contribution in [0.2, 0.25) is 0 Å². The van der Waals surface area contributed by atoms with Gasteiger partial charge in [-0.15, -0.1) is 0 Å². The highest BCUT2D eigenvalue weighted by Crippen LogP contribution is 1.89. The fourth-order valence-electron chi connectivity index (χ4n) is 0.835. The first kappa shape index (κ1) is 9.37. The van der Waals surface area contributed by atoms with Gasteiger partial charge in [0.1, 0.15) is 6.17 Å². The molecule has 6 nitrogen and oxygen atoms in total. The number of hydrogen-bond donors (Lipinski definition) is 3. The first-order chi connectivity index (χ1) is 6.22. The number of amides is 3. The van der Waals surface area contributed by atoms with Crippen LogP contribution in [-0.4, -0.2) is 24.9 Å². The van der Waals surface area contributed by atoms with Crippen molar-refractivity contribution in [3.05, 3.63) is 12.3 Å². The smallest absolute Gasteiger partial charge is 0.408 e. The number of alkyl carbamates (subject to hydrolysis) is 1. The Bertz CT molecular complexity index is 239. The normalized spacial score (nSPS) is 20.1. The van der Waals surface area contributed by atoms with Crippen LogP contribution in [-0.2, 0) is 4.74 Å². The fraction of sp³-hybridized carbons (Fsp3) is 0.429. The van der Waals surface area contributed by atoms with Crippen LogP contribution in [0.1, 0.15) is 6.92 Å². The van der Waals surface area contributed by atoms with Crippen LogP contribution in [0.3, 0.4) is 0 Å². The van der Waals surface area contributed by atoms with E-state index in [9.17, 15) is 9.59 Å². The van der Waals surface area contributed by atoms with Gasteiger partial charge in [-0.25, -0.2) is 9.59 Å². The molecule has 0 saturated carbocycles. The van der Waals surface area contributed by atoms with Crippen molar-refractivity contribution in [1.29, 1.82) is 0 Å². The Labute approximate surface area is 75.3 Å². The van der Waals surface area contributed by atoms with E-state index in [1.54, 1.807) is 13.0 Å². The van der Waals surface area contributed by atoms with Gasteiger partial charge in [0.2, 0.25) is 0 Å². The second kappa shape index (κ2) is 4.34. The molecule has 0 aromatic rings. The van der Waals surface area contributed by atoms with Gasteiger partial charge in [-0.05, 0) is 13.0 Å². The van der Waals surface area contributed by atoms with Gasteiger partial charge < -0.3 is 15.4 Å².